The van der Waals surface area contributed by atoms with Gasteiger partial charge in [-0.15, -0.1) is 0 Å². The van der Waals surface area contributed by atoms with Crippen molar-refractivity contribution >= 4 is 5.97 Å². The van der Waals surface area contributed by atoms with Gasteiger partial charge in [0.05, 0.1) is 13.2 Å². The van der Waals surface area contributed by atoms with Gasteiger partial charge in [-0.05, 0) is 43.4 Å². The van der Waals surface area contributed by atoms with Crippen molar-refractivity contribution in [1.29, 1.82) is 0 Å². The summed E-state index contributed by atoms with van der Waals surface area (Å²) in [6, 6.07) is 8.00. The average molecular weight is 266 g/mol. The van der Waals surface area contributed by atoms with Crippen LogP contribution in [0.15, 0.2) is 24.3 Å². The Balaban J connectivity index is 2.14. The average Bonchev–Trinajstić information content (AvgIpc) is 2.41. The molecule has 0 spiro atoms. The smallest absolute Gasteiger partial charge is 0.303 e. The fraction of sp³-hybridized carbons (Fsp3) is 0.533. The number of hydrogen-bond acceptors (Lipinski definition) is 3. The van der Waals surface area contributed by atoms with Crippen molar-refractivity contribution in [2.75, 3.05) is 20.3 Å². The summed E-state index contributed by atoms with van der Waals surface area (Å²) in [5, 5.41) is 8.50. The number of unbranched alkanes of at least 4 members (excludes halogenated alkanes) is 2. The van der Waals surface area contributed by atoms with Crippen LogP contribution in [0.3, 0.4) is 0 Å². The van der Waals surface area contributed by atoms with Crippen LogP contribution in [-0.2, 0) is 16.0 Å². The van der Waals surface area contributed by atoms with E-state index in [2.05, 4.69) is 0 Å². The van der Waals surface area contributed by atoms with E-state index in [1.54, 1.807) is 7.11 Å². The topological polar surface area (TPSA) is 55.8 Å². The fourth-order valence-corrected chi connectivity index (χ4v) is 1.72. The zero-order valence-electron chi connectivity index (χ0n) is 11.4. The van der Waals surface area contributed by atoms with Gasteiger partial charge in [0.1, 0.15) is 5.75 Å². The first kappa shape index (κ1) is 15.5. The lowest BCUT2D eigenvalue weighted by atomic mass is 10.1. The lowest BCUT2D eigenvalue weighted by Gasteiger charge is -2.07. The summed E-state index contributed by atoms with van der Waals surface area (Å²) in [7, 11) is 1.70. The van der Waals surface area contributed by atoms with Crippen LogP contribution >= 0.6 is 0 Å². The molecule has 0 saturated carbocycles. The van der Waals surface area contributed by atoms with Gasteiger partial charge < -0.3 is 14.6 Å². The summed E-state index contributed by atoms with van der Waals surface area (Å²) in [5.41, 5.74) is 1.23. The van der Waals surface area contributed by atoms with Gasteiger partial charge in [0.25, 0.3) is 0 Å². The van der Waals surface area contributed by atoms with Crippen molar-refractivity contribution in [3.8, 4) is 5.75 Å². The van der Waals surface area contributed by atoms with Crippen molar-refractivity contribution in [2.45, 2.75) is 32.1 Å². The number of rotatable bonds is 10. The second kappa shape index (κ2) is 9.39. The van der Waals surface area contributed by atoms with Crippen LogP contribution in [-0.4, -0.2) is 31.4 Å². The summed E-state index contributed by atoms with van der Waals surface area (Å²) in [5.74, 6) is 0.131. The zero-order chi connectivity index (χ0) is 13.9. The molecular weight excluding hydrogens is 244 g/mol. The summed E-state index contributed by atoms with van der Waals surface area (Å²) in [6.45, 7) is 1.36. The quantitative estimate of drug-likeness (QED) is 0.662. The third-order valence-corrected chi connectivity index (χ3v) is 2.82. The summed E-state index contributed by atoms with van der Waals surface area (Å²) < 4.78 is 10.6. The maximum atomic E-state index is 10.3. The Morgan fingerprint density at radius 1 is 1.11 bits per heavy atom. The lowest BCUT2D eigenvalue weighted by molar-refractivity contribution is -0.137. The monoisotopic (exact) mass is 266 g/mol. The van der Waals surface area contributed by atoms with Crippen molar-refractivity contribution in [3.63, 3.8) is 0 Å². The van der Waals surface area contributed by atoms with E-state index >= 15 is 0 Å². The van der Waals surface area contributed by atoms with E-state index in [0.29, 0.717) is 13.0 Å². The van der Waals surface area contributed by atoms with Crippen molar-refractivity contribution in [3.05, 3.63) is 29.8 Å². The van der Waals surface area contributed by atoms with E-state index < -0.39 is 5.97 Å². The first-order chi connectivity index (χ1) is 9.22. The van der Waals surface area contributed by atoms with E-state index in [1.807, 2.05) is 24.3 Å². The fourth-order valence-electron chi connectivity index (χ4n) is 1.72. The van der Waals surface area contributed by atoms with Crippen LogP contribution in [0.5, 0.6) is 5.75 Å². The van der Waals surface area contributed by atoms with E-state index in [9.17, 15) is 4.79 Å². The van der Waals surface area contributed by atoms with Crippen LogP contribution in [0.4, 0.5) is 0 Å². The molecule has 106 valence electrons. The van der Waals surface area contributed by atoms with Crippen LogP contribution in [0.25, 0.3) is 0 Å². The molecule has 0 heterocycles. The molecule has 1 N–H and O–H groups in total. The van der Waals surface area contributed by atoms with Gasteiger partial charge in [-0.1, -0.05) is 12.1 Å². The highest BCUT2D eigenvalue weighted by Crippen LogP contribution is 2.13. The highest BCUT2D eigenvalue weighted by atomic mass is 16.5. The zero-order valence-corrected chi connectivity index (χ0v) is 11.4. The molecule has 1 rings (SSSR count). The Bertz CT molecular complexity index is 359. The van der Waals surface area contributed by atoms with E-state index in [-0.39, 0.29) is 6.42 Å². The molecule has 0 saturated heterocycles. The Morgan fingerprint density at radius 2 is 1.84 bits per heavy atom. The Kier molecular flexibility index (Phi) is 7.66. The second-order valence-corrected chi connectivity index (χ2v) is 4.44. The summed E-state index contributed by atoms with van der Waals surface area (Å²) in [6.07, 6.45) is 3.64. The molecule has 0 aliphatic carbocycles. The first-order valence-corrected chi connectivity index (χ1v) is 6.65. The maximum Gasteiger partial charge on any atom is 0.303 e. The van der Waals surface area contributed by atoms with E-state index in [4.69, 9.17) is 14.6 Å². The molecule has 0 atom stereocenters. The number of hydrogen-bond donors (Lipinski definition) is 1. The molecule has 19 heavy (non-hydrogen) atoms. The minimum absolute atomic E-state index is 0.244. The van der Waals surface area contributed by atoms with Gasteiger partial charge in [0.2, 0.25) is 0 Å². The molecule has 1 aromatic carbocycles. The van der Waals surface area contributed by atoms with Gasteiger partial charge in [-0.3, -0.25) is 4.79 Å². The highest BCUT2D eigenvalue weighted by molar-refractivity contribution is 5.66. The molecule has 0 aliphatic heterocycles. The van der Waals surface area contributed by atoms with Gasteiger partial charge in [0, 0.05) is 13.5 Å². The van der Waals surface area contributed by atoms with Gasteiger partial charge >= 0.3 is 5.97 Å². The van der Waals surface area contributed by atoms with Crippen LogP contribution in [0.1, 0.15) is 31.2 Å². The van der Waals surface area contributed by atoms with Crippen LogP contribution < -0.4 is 4.74 Å². The van der Waals surface area contributed by atoms with Gasteiger partial charge in [0.15, 0.2) is 0 Å². The van der Waals surface area contributed by atoms with Gasteiger partial charge in [-0.25, -0.2) is 0 Å². The molecule has 0 aliphatic rings. The molecule has 1 aromatic rings. The van der Waals surface area contributed by atoms with Crippen molar-refractivity contribution < 1.29 is 19.4 Å². The minimum atomic E-state index is -0.729. The molecule has 0 radical (unpaired) electrons. The second-order valence-electron chi connectivity index (χ2n) is 4.44. The van der Waals surface area contributed by atoms with Crippen molar-refractivity contribution in [1.82, 2.24) is 0 Å². The van der Waals surface area contributed by atoms with Crippen LogP contribution in [0.2, 0.25) is 0 Å². The first-order valence-electron chi connectivity index (χ1n) is 6.65. The molecule has 0 amide bonds. The number of methoxy groups -OCH3 is 1. The number of carboxylic acid groups (broad SMARTS) is 1. The number of carboxylic acids is 1. The number of benzene rings is 1. The highest BCUT2D eigenvalue weighted by Gasteiger charge is 1.98. The predicted octanol–water partition coefficient (Wildman–Crippen LogP) is 2.90. The lowest BCUT2D eigenvalue weighted by Crippen LogP contribution is -1.99. The predicted molar refractivity (Wildman–Crippen MR) is 73.6 cm³/mol. The number of carbonyl (C=O) groups is 1. The molecule has 4 heteroatoms. The summed E-state index contributed by atoms with van der Waals surface area (Å²) in [4.78, 5) is 10.3. The maximum absolute atomic E-state index is 10.3. The third-order valence-electron chi connectivity index (χ3n) is 2.82. The molecule has 0 unspecified atom stereocenters. The number of aliphatic carboxylic acids is 1. The molecule has 0 bridgehead atoms. The Morgan fingerprint density at radius 3 is 2.47 bits per heavy atom. The van der Waals surface area contributed by atoms with E-state index in [1.165, 1.54) is 5.56 Å². The van der Waals surface area contributed by atoms with Crippen molar-refractivity contribution in [2.24, 2.45) is 0 Å². The largest absolute Gasteiger partial charge is 0.494 e. The minimum Gasteiger partial charge on any atom is -0.494 e. The molecule has 4 nitrogen and oxygen atoms in total. The third kappa shape index (κ3) is 7.47. The number of ether oxygens (including phenoxy) is 2. The molecule has 0 fully saturated rings. The standard InChI is InChI=1S/C15H22O4/c1-18-12-10-13-6-8-14(9-7-13)19-11-4-2-3-5-15(16)17/h6-9H,2-5,10-12H2,1H3,(H,16,17). The Hall–Kier alpha value is -1.55. The summed E-state index contributed by atoms with van der Waals surface area (Å²) >= 11 is 0. The van der Waals surface area contributed by atoms with Gasteiger partial charge in [-0.2, -0.15) is 0 Å². The molecule has 0 aromatic heterocycles. The van der Waals surface area contributed by atoms with E-state index in [0.717, 1.165) is 31.6 Å². The molecular formula is C15H22O4. The van der Waals surface area contributed by atoms with Crippen LogP contribution in [0, 0.1) is 0 Å². The Labute approximate surface area is 114 Å². The normalized spacial score (nSPS) is 10.4. The SMILES string of the molecule is COCCc1ccc(OCCCCCC(=O)O)cc1.